The molecule has 9 heteroatoms. The Morgan fingerprint density at radius 1 is 1.24 bits per heavy atom. The fourth-order valence-corrected chi connectivity index (χ4v) is 2.05. The summed E-state index contributed by atoms with van der Waals surface area (Å²) in [6, 6.07) is 1.72. The van der Waals surface area contributed by atoms with Gasteiger partial charge in [0.15, 0.2) is 17.0 Å². The zero-order chi connectivity index (χ0) is 15.0. The van der Waals surface area contributed by atoms with Gasteiger partial charge in [-0.05, 0) is 18.5 Å². The quantitative estimate of drug-likeness (QED) is 0.595. The Balaban J connectivity index is 2.09. The van der Waals surface area contributed by atoms with Gasteiger partial charge in [0.25, 0.3) is 0 Å². The molecule has 0 bridgehead atoms. The molecule has 3 aromatic heterocycles. The van der Waals surface area contributed by atoms with Gasteiger partial charge in [-0.15, -0.1) is 0 Å². The molecule has 1 N–H and O–H groups in total. The van der Waals surface area contributed by atoms with Gasteiger partial charge in [0, 0.05) is 18.7 Å². The van der Waals surface area contributed by atoms with Crippen molar-refractivity contribution >= 4 is 34.4 Å². The van der Waals surface area contributed by atoms with Crippen LogP contribution in [-0.4, -0.2) is 24.5 Å². The normalized spacial score (nSPS) is 11.0. The van der Waals surface area contributed by atoms with Crippen molar-refractivity contribution in [2.24, 2.45) is 0 Å². The Bertz CT molecular complexity index is 799. The molecule has 0 aromatic carbocycles. The molecule has 0 saturated heterocycles. The molecule has 0 amide bonds. The highest BCUT2D eigenvalue weighted by Gasteiger charge is 2.13. The largest absolute Gasteiger partial charge is 0.323 e. The molecule has 3 heterocycles. The molecule has 0 atom stereocenters. The monoisotopic (exact) mass is 310 g/mol. The van der Waals surface area contributed by atoms with Gasteiger partial charge in [-0.1, -0.05) is 0 Å². The summed E-state index contributed by atoms with van der Waals surface area (Å²) < 4.78 is 28.1. The molecule has 0 fully saturated rings. The third kappa shape index (κ3) is 2.62. The van der Waals surface area contributed by atoms with Gasteiger partial charge in [-0.3, -0.25) is 0 Å². The van der Waals surface area contributed by atoms with E-state index in [-0.39, 0.29) is 16.9 Å². The molecule has 21 heavy (non-hydrogen) atoms. The van der Waals surface area contributed by atoms with Crippen molar-refractivity contribution < 1.29 is 8.78 Å². The van der Waals surface area contributed by atoms with Gasteiger partial charge in [0.05, 0.1) is 6.33 Å². The highest BCUT2D eigenvalue weighted by atomic mass is 35.5. The van der Waals surface area contributed by atoms with E-state index in [4.69, 9.17) is 11.6 Å². The minimum absolute atomic E-state index is 0.00271. The van der Waals surface area contributed by atoms with Crippen LogP contribution in [0.2, 0.25) is 5.28 Å². The van der Waals surface area contributed by atoms with E-state index >= 15 is 0 Å². The predicted molar refractivity (Wildman–Crippen MR) is 73.4 cm³/mol. The first-order valence-corrected chi connectivity index (χ1v) is 6.43. The Labute approximate surface area is 122 Å². The summed E-state index contributed by atoms with van der Waals surface area (Å²) in [7, 11) is 0. The lowest BCUT2D eigenvalue weighted by Crippen LogP contribution is -2.02. The number of hydrogen-bond donors (Lipinski definition) is 1. The van der Waals surface area contributed by atoms with E-state index in [1.54, 1.807) is 10.9 Å². The summed E-state index contributed by atoms with van der Waals surface area (Å²) in [5.74, 6) is -1.49. The van der Waals surface area contributed by atoms with E-state index < -0.39 is 11.8 Å². The number of rotatable bonds is 3. The summed E-state index contributed by atoms with van der Waals surface area (Å²) in [4.78, 5) is 15.8. The van der Waals surface area contributed by atoms with Crippen molar-refractivity contribution in [1.82, 2.24) is 24.5 Å². The van der Waals surface area contributed by atoms with E-state index in [9.17, 15) is 8.78 Å². The Morgan fingerprint density at radius 2 is 2.05 bits per heavy atom. The maximum Gasteiger partial charge on any atom is 0.226 e. The van der Waals surface area contributed by atoms with Gasteiger partial charge >= 0.3 is 0 Å². The predicted octanol–water partition coefficient (Wildman–Crippen LogP) is 2.92. The molecule has 0 spiro atoms. The Hall–Kier alpha value is -2.35. The molecule has 0 radical (unpaired) electrons. The summed E-state index contributed by atoms with van der Waals surface area (Å²) >= 11 is 5.87. The van der Waals surface area contributed by atoms with Gasteiger partial charge in [-0.25, -0.2) is 14.4 Å². The molecule has 3 rings (SSSR count). The first-order valence-electron chi connectivity index (χ1n) is 6.05. The van der Waals surface area contributed by atoms with Crippen LogP contribution >= 0.6 is 11.6 Å². The zero-order valence-corrected chi connectivity index (χ0v) is 11.6. The summed E-state index contributed by atoms with van der Waals surface area (Å²) in [5, 5.41) is 2.70. The van der Waals surface area contributed by atoms with Crippen LogP contribution in [0.15, 0.2) is 18.5 Å². The van der Waals surface area contributed by atoms with Crippen molar-refractivity contribution in [2.45, 2.75) is 13.5 Å². The number of aromatic nitrogens is 5. The highest BCUT2D eigenvalue weighted by molar-refractivity contribution is 6.28. The van der Waals surface area contributed by atoms with Gasteiger partial charge in [-0.2, -0.15) is 14.4 Å². The van der Waals surface area contributed by atoms with Crippen LogP contribution in [0.25, 0.3) is 11.2 Å². The highest BCUT2D eigenvalue weighted by Crippen LogP contribution is 2.23. The van der Waals surface area contributed by atoms with Crippen LogP contribution in [0.5, 0.6) is 0 Å². The number of imidazole rings is 1. The van der Waals surface area contributed by atoms with Crippen LogP contribution in [0.3, 0.4) is 0 Å². The second-order valence-electron chi connectivity index (χ2n) is 4.16. The summed E-state index contributed by atoms with van der Waals surface area (Å²) in [5.41, 5.74) is 0.963. The number of nitrogens with zero attached hydrogens (tertiary/aromatic N) is 5. The zero-order valence-electron chi connectivity index (χ0n) is 10.8. The maximum atomic E-state index is 13.2. The van der Waals surface area contributed by atoms with Crippen LogP contribution in [0.4, 0.5) is 20.4 Å². The first kappa shape index (κ1) is 13.6. The molecule has 0 saturated carbocycles. The Kier molecular flexibility index (Phi) is 3.38. The number of pyridine rings is 1. The fourth-order valence-electron chi connectivity index (χ4n) is 1.89. The standard InChI is InChI=1S/C12H9ClF2N6/c1-2-21-5-16-9-10(19-12(13)20-11(9)21)18-8-4-6(14)3-7(15)17-8/h3-5H,2H2,1H3,(H,17,18,19,20). The number of anilines is 2. The minimum atomic E-state index is -0.937. The smallest absolute Gasteiger partial charge is 0.226 e. The van der Waals surface area contributed by atoms with Crippen molar-refractivity contribution in [2.75, 3.05) is 5.32 Å². The summed E-state index contributed by atoms with van der Waals surface area (Å²) in [6.45, 7) is 2.57. The van der Waals surface area contributed by atoms with E-state index in [1.165, 1.54) is 0 Å². The van der Waals surface area contributed by atoms with Crippen LogP contribution in [0, 0.1) is 11.8 Å². The summed E-state index contributed by atoms with van der Waals surface area (Å²) in [6.07, 6.45) is 1.58. The Morgan fingerprint density at radius 3 is 2.76 bits per heavy atom. The average molecular weight is 311 g/mol. The molecule has 0 aliphatic heterocycles. The molecule has 3 aromatic rings. The number of halogens is 3. The van der Waals surface area contributed by atoms with Crippen LogP contribution < -0.4 is 5.32 Å². The number of hydrogen-bond acceptors (Lipinski definition) is 5. The van der Waals surface area contributed by atoms with Crippen molar-refractivity contribution in [3.05, 3.63) is 35.5 Å². The van der Waals surface area contributed by atoms with Crippen LogP contribution in [0.1, 0.15) is 6.92 Å². The number of aryl methyl sites for hydroxylation is 1. The van der Waals surface area contributed by atoms with E-state index in [1.807, 2.05) is 6.92 Å². The molecular weight excluding hydrogens is 302 g/mol. The average Bonchev–Trinajstić information content (AvgIpc) is 2.80. The van der Waals surface area contributed by atoms with E-state index in [0.717, 1.165) is 6.07 Å². The second kappa shape index (κ2) is 5.21. The molecule has 0 aliphatic rings. The number of nitrogens with one attached hydrogen (secondary N) is 1. The molecule has 6 nitrogen and oxygen atoms in total. The lowest BCUT2D eigenvalue weighted by Gasteiger charge is -2.06. The lowest BCUT2D eigenvalue weighted by atomic mass is 10.4. The third-order valence-electron chi connectivity index (χ3n) is 2.78. The van der Waals surface area contributed by atoms with Gasteiger partial charge in [0.2, 0.25) is 11.2 Å². The van der Waals surface area contributed by atoms with E-state index in [2.05, 4.69) is 25.3 Å². The van der Waals surface area contributed by atoms with Crippen molar-refractivity contribution in [3.63, 3.8) is 0 Å². The van der Waals surface area contributed by atoms with Crippen LogP contribution in [-0.2, 0) is 6.54 Å². The fraction of sp³-hybridized carbons (Fsp3) is 0.167. The van der Waals surface area contributed by atoms with Gasteiger partial charge in [0.1, 0.15) is 11.6 Å². The lowest BCUT2D eigenvalue weighted by molar-refractivity contribution is 0.554. The van der Waals surface area contributed by atoms with E-state index in [0.29, 0.717) is 23.8 Å². The number of fused-ring (bicyclic) bond motifs is 1. The molecule has 0 unspecified atom stereocenters. The van der Waals surface area contributed by atoms with Gasteiger partial charge < -0.3 is 9.88 Å². The SMILES string of the molecule is CCn1cnc2c(Nc3cc(F)cc(F)n3)nc(Cl)nc21. The minimum Gasteiger partial charge on any atom is -0.323 e. The first-order chi connectivity index (χ1) is 10.1. The van der Waals surface area contributed by atoms with Crippen molar-refractivity contribution in [3.8, 4) is 0 Å². The molecule has 0 aliphatic carbocycles. The topological polar surface area (TPSA) is 68.5 Å². The van der Waals surface area contributed by atoms with Crippen molar-refractivity contribution in [1.29, 1.82) is 0 Å². The third-order valence-corrected chi connectivity index (χ3v) is 2.95. The molecule has 108 valence electrons. The second-order valence-corrected chi connectivity index (χ2v) is 4.50. The molecular formula is C12H9ClF2N6. The maximum absolute atomic E-state index is 13.2.